The molecule has 0 N–H and O–H groups in total. The van der Waals surface area contributed by atoms with Crippen LogP contribution in [-0.2, 0) is 21.0 Å². The Morgan fingerprint density at radius 1 is 1.00 bits per heavy atom. The number of hydrogen-bond donors (Lipinski definition) is 0. The van der Waals surface area contributed by atoms with Crippen molar-refractivity contribution in [2.45, 2.75) is 109 Å². The molecule has 182 valence electrons. The molecular weight excluding hydrogens is 467 g/mol. The molecule has 0 bridgehead atoms. The van der Waals surface area contributed by atoms with Gasteiger partial charge in [-0.25, -0.2) is 4.98 Å². The highest BCUT2D eigenvalue weighted by atomic mass is 32.2. The van der Waals surface area contributed by atoms with Gasteiger partial charge in [0.2, 0.25) is 14.2 Å². The minimum Gasteiger partial charge on any atom is -0.413 e. The van der Waals surface area contributed by atoms with Gasteiger partial charge in [-0.3, -0.25) is 0 Å². The lowest BCUT2D eigenvalue weighted by molar-refractivity contribution is -0.0501. The Kier molecular flexibility index (Phi) is 10.5. The maximum atomic E-state index is 12.4. The minimum absolute atomic E-state index is 0.186. The molecule has 1 atom stereocenters. The van der Waals surface area contributed by atoms with E-state index in [2.05, 4.69) is 57.6 Å². The first-order valence-corrected chi connectivity index (χ1v) is 15.2. The lowest BCUT2D eigenvalue weighted by atomic mass is 10.1. The van der Waals surface area contributed by atoms with Crippen LogP contribution in [0.15, 0.2) is 5.38 Å². The number of hydrogen-bond acceptors (Lipinski definition) is 6. The van der Waals surface area contributed by atoms with Crippen LogP contribution in [0, 0.1) is 0 Å². The van der Waals surface area contributed by atoms with Gasteiger partial charge in [0.25, 0.3) is 0 Å². The molecule has 1 aromatic heterocycles. The summed E-state index contributed by atoms with van der Waals surface area (Å²) >= 11 is 1.10. The second-order valence-corrected chi connectivity index (χ2v) is 16.8. The van der Waals surface area contributed by atoms with Gasteiger partial charge < -0.3 is 8.61 Å². The van der Waals surface area contributed by atoms with E-state index >= 15 is 0 Å². The SMILES string of the molecule is CC(C)[Si](O[C@H](C)CCCCCc1nc(OS(=O)(=O)C(F)(F)F)cs1)(C(C)C)C(C)C. The normalized spacial score (nSPS) is 14.6. The van der Waals surface area contributed by atoms with E-state index in [1.54, 1.807) is 0 Å². The van der Waals surface area contributed by atoms with Gasteiger partial charge in [-0.2, -0.15) is 21.6 Å². The number of halogens is 3. The predicted molar refractivity (Wildman–Crippen MR) is 121 cm³/mol. The molecular formula is C20H36F3NO4S2Si. The molecule has 1 aromatic rings. The van der Waals surface area contributed by atoms with Crippen molar-refractivity contribution >= 4 is 29.8 Å². The molecule has 0 aromatic carbocycles. The summed E-state index contributed by atoms with van der Waals surface area (Å²) in [6.45, 7) is 15.8. The number of unbranched alkanes of at least 4 members (excludes halogenated alkanes) is 2. The van der Waals surface area contributed by atoms with Crippen molar-refractivity contribution in [3.63, 3.8) is 0 Å². The molecule has 0 amide bonds. The van der Waals surface area contributed by atoms with Crippen LogP contribution in [0.5, 0.6) is 5.88 Å². The summed E-state index contributed by atoms with van der Waals surface area (Å²) in [5, 5.41) is 1.74. The van der Waals surface area contributed by atoms with E-state index in [1.807, 2.05) is 0 Å². The molecule has 1 heterocycles. The van der Waals surface area contributed by atoms with E-state index in [0.717, 1.165) is 37.0 Å². The van der Waals surface area contributed by atoms with Gasteiger partial charge in [0.15, 0.2) is 0 Å². The lowest BCUT2D eigenvalue weighted by Crippen LogP contribution is -2.49. The fourth-order valence-electron chi connectivity index (χ4n) is 4.31. The van der Waals surface area contributed by atoms with Crippen molar-refractivity contribution in [1.82, 2.24) is 4.98 Å². The maximum absolute atomic E-state index is 12.4. The number of thiazole rings is 1. The second kappa shape index (κ2) is 11.5. The molecule has 0 spiro atoms. The van der Waals surface area contributed by atoms with Crippen LogP contribution in [0.1, 0.15) is 79.2 Å². The molecule has 31 heavy (non-hydrogen) atoms. The highest BCUT2D eigenvalue weighted by molar-refractivity contribution is 7.88. The van der Waals surface area contributed by atoms with Crippen molar-refractivity contribution < 1.29 is 30.2 Å². The zero-order chi connectivity index (χ0) is 24.0. The Morgan fingerprint density at radius 2 is 1.55 bits per heavy atom. The van der Waals surface area contributed by atoms with Gasteiger partial charge in [0.1, 0.15) is 0 Å². The van der Waals surface area contributed by atoms with Gasteiger partial charge in [-0.1, -0.05) is 54.4 Å². The monoisotopic (exact) mass is 503 g/mol. The average Bonchev–Trinajstić information content (AvgIpc) is 3.03. The molecule has 0 unspecified atom stereocenters. The quantitative estimate of drug-likeness (QED) is 0.125. The first-order valence-electron chi connectivity index (χ1n) is 10.8. The summed E-state index contributed by atoms with van der Waals surface area (Å²) in [4.78, 5) is 3.85. The van der Waals surface area contributed by atoms with Crippen LogP contribution in [0.2, 0.25) is 16.6 Å². The van der Waals surface area contributed by atoms with Gasteiger partial charge >= 0.3 is 15.6 Å². The molecule has 0 aliphatic heterocycles. The molecule has 0 aliphatic carbocycles. The van der Waals surface area contributed by atoms with E-state index in [1.165, 1.54) is 5.38 Å². The Balaban J connectivity index is 2.47. The zero-order valence-corrected chi connectivity index (χ0v) is 22.1. The van der Waals surface area contributed by atoms with Gasteiger partial charge in [0, 0.05) is 6.10 Å². The van der Waals surface area contributed by atoms with E-state index in [9.17, 15) is 21.6 Å². The summed E-state index contributed by atoms with van der Waals surface area (Å²) in [7, 11) is -7.57. The van der Waals surface area contributed by atoms with Crippen LogP contribution in [0.25, 0.3) is 0 Å². The van der Waals surface area contributed by atoms with Crippen LogP contribution in [0.4, 0.5) is 13.2 Å². The van der Waals surface area contributed by atoms with Gasteiger partial charge in [-0.15, -0.1) is 11.3 Å². The maximum Gasteiger partial charge on any atom is 0.534 e. The summed E-state index contributed by atoms with van der Waals surface area (Å²) in [5.41, 5.74) is -3.84. The highest BCUT2D eigenvalue weighted by Crippen LogP contribution is 2.43. The third-order valence-corrected chi connectivity index (χ3v) is 13.7. The molecule has 0 radical (unpaired) electrons. The van der Waals surface area contributed by atoms with Crippen LogP contribution in [0.3, 0.4) is 0 Å². The lowest BCUT2D eigenvalue weighted by Gasteiger charge is -2.44. The summed E-state index contributed by atoms with van der Waals surface area (Å²) in [5.74, 6) is -0.531. The minimum atomic E-state index is -5.68. The van der Waals surface area contributed by atoms with Crippen molar-refractivity contribution in [1.29, 1.82) is 0 Å². The van der Waals surface area contributed by atoms with Crippen molar-refractivity contribution in [3.8, 4) is 5.88 Å². The molecule has 5 nitrogen and oxygen atoms in total. The summed E-state index contributed by atoms with van der Waals surface area (Å²) in [6, 6.07) is 0. The number of nitrogens with zero attached hydrogens (tertiary/aromatic N) is 1. The van der Waals surface area contributed by atoms with E-state index < -0.39 is 29.8 Å². The van der Waals surface area contributed by atoms with E-state index in [4.69, 9.17) is 4.43 Å². The molecule has 1 rings (SSSR count). The second-order valence-electron chi connectivity index (χ2n) is 8.91. The van der Waals surface area contributed by atoms with Crippen molar-refractivity contribution in [2.24, 2.45) is 0 Å². The molecule has 0 aliphatic rings. The van der Waals surface area contributed by atoms with Crippen molar-refractivity contribution in [3.05, 3.63) is 10.4 Å². The Morgan fingerprint density at radius 3 is 2.03 bits per heavy atom. The Hall–Kier alpha value is -0.653. The number of aromatic nitrogens is 1. The Bertz CT molecular complexity index is 758. The zero-order valence-electron chi connectivity index (χ0n) is 19.5. The molecule has 0 fully saturated rings. The predicted octanol–water partition coefficient (Wildman–Crippen LogP) is 7.06. The summed E-state index contributed by atoms with van der Waals surface area (Å²) < 4.78 is 69.9. The third kappa shape index (κ3) is 7.71. The van der Waals surface area contributed by atoms with Crippen LogP contribution < -0.4 is 4.18 Å². The third-order valence-electron chi connectivity index (χ3n) is 5.62. The van der Waals surface area contributed by atoms with Crippen molar-refractivity contribution in [2.75, 3.05) is 0 Å². The average molecular weight is 504 g/mol. The number of rotatable bonds is 13. The Labute approximate surface area is 190 Å². The first kappa shape index (κ1) is 28.4. The molecule has 11 heteroatoms. The highest BCUT2D eigenvalue weighted by Gasteiger charge is 2.49. The van der Waals surface area contributed by atoms with Gasteiger partial charge in [0.05, 0.1) is 10.4 Å². The number of alkyl halides is 3. The largest absolute Gasteiger partial charge is 0.534 e. The number of aryl methyl sites for hydroxylation is 1. The molecule has 0 saturated heterocycles. The first-order chi connectivity index (χ1) is 14.1. The molecule has 0 saturated carbocycles. The summed E-state index contributed by atoms with van der Waals surface area (Å²) in [6.07, 6.45) is 4.44. The van der Waals surface area contributed by atoms with Gasteiger partial charge in [-0.05, 0) is 42.8 Å². The van der Waals surface area contributed by atoms with Crippen LogP contribution in [-0.4, -0.2) is 33.3 Å². The fourth-order valence-corrected chi connectivity index (χ4v) is 11.1. The fraction of sp³-hybridized carbons (Fsp3) is 0.850. The van der Waals surface area contributed by atoms with E-state index in [-0.39, 0.29) is 6.10 Å². The van der Waals surface area contributed by atoms with E-state index in [0.29, 0.717) is 28.1 Å². The van der Waals surface area contributed by atoms with Crippen LogP contribution >= 0.6 is 11.3 Å². The topological polar surface area (TPSA) is 65.5 Å². The standard InChI is InChI=1S/C20H36F3NO4S2Si/c1-14(2)31(15(3)4,16(5)6)28-17(7)11-9-8-10-12-19-24-18(13-29-19)27-30(25,26)20(21,22)23/h13-17H,8-12H2,1-7H3/t17-/m1/s1. The smallest absolute Gasteiger partial charge is 0.413 e.